The first-order valence-corrected chi connectivity index (χ1v) is 9.46. The molecule has 2 aliphatic rings. The Bertz CT molecular complexity index is 686. The summed E-state index contributed by atoms with van der Waals surface area (Å²) in [7, 11) is 1.55. The van der Waals surface area contributed by atoms with Gasteiger partial charge in [-0.2, -0.15) is 0 Å². The molecule has 1 fully saturated rings. The van der Waals surface area contributed by atoms with E-state index in [2.05, 4.69) is 10.3 Å². The lowest BCUT2D eigenvalue weighted by Crippen LogP contribution is -2.40. The van der Waals surface area contributed by atoms with Crippen LogP contribution in [0.3, 0.4) is 0 Å². The minimum atomic E-state index is -0.520. The zero-order chi connectivity index (χ0) is 18.7. The highest BCUT2D eigenvalue weighted by atomic mass is 16.5. The molecule has 7 nitrogen and oxygen atoms in total. The molecule has 1 atom stereocenters. The molecule has 1 aromatic rings. The van der Waals surface area contributed by atoms with Crippen molar-refractivity contribution in [2.75, 3.05) is 7.11 Å². The smallest absolute Gasteiger partial charge is 0.256 e. The highest BCUT2D eigenvalue weighted by molar-refractivity contribution is 5.98. The lowest BCUT2D eigenvalue weighted by molar-refractivity contribution is -0.122. The SMILES string of the molecule is CCC[C@H](N)C(=O)NCc1cc2c(nc1OC)CN(C1CCCC1)C2=O. The summed E-state index contributed by atoms with van der Waals surface area (Å²) in [4.78, 5) is 31.3. The molecule has 0 unspecified atom stereocenters. The fraction of sp³-hybridized carbons (Fsp3) is 0.632. The van der Waals surface area contributed by atoms with Crippen molar-refractivity contribution in [1.82, 2.24) is 15.2 Å². The van der Waals surface area contributed by atoms with E-state index in [1.165, 1.54) is 12.8 Å². The first-order chi connectivity index (χ1) is 12.5. The third-order valence-electron chi connectivity index (χ3n) is 5.30. The van der Waals surface area contributed by atoms with Crippen LogP contribution in [-0.4, -0.2) is 40.9 Å². The Labute approximate surface area is 154 Å². The zero-order valence-corrected chi connectivity index (χ0v) is 15.6. The van der Waals surface area contributed by atoms with Crippen LogP contribution in [0, 0.1) is 0 Å². The van der Waals surface area contributed by atoms with Crippen LogP contribution in [0.15, 0.2) is 6.07 Å². The Hall–Kier alpha value is -2.15. The van der Waals surface area contributed by atoms with Gasteiger partial charge in [0.05, 0.1) is 31.0 Å². The summed E-state index contributed by atoms with van der Waals surface area (Å²) in [6.45, 7) is 2.78. The summed E-state index contributed by atoms with van der Waals surface area (Å²) in [6, 6.07) is 1.61. The predicted molar refractivity (Wildman–Crippen MR) is 97.6 cm³/mol. The van der Waals surface area contributed by atoms with E-state index in [-0.39, 0.29) is 18.4 Å². The number of amides is 2. The number of hydrogen-bond acceptors (Lipinski definition) is 5. The monoisotopic (exact) mass is 360 g/mol. The van der Waals surface area contributed by atoms with Gasteiger partial charge in [0.1, 0.15) is 0 Å². The molecule has 1 aromatic heterocycles. The highest BCUT2D eigenvalue weighted by Crippen LogP contribution is 2.33. The van der Waals surface area contributed by atoms with Gasteiger partial charge in [0, 0.05) is 18.2 Å². The maximum absolute atomic E-state index is 12.8. The van der Waals surface area contributed by atoms with Crippen molar-refractivity contribution in [3.05, 3.63) is 22.9 Å². The summed E-state index contributed by atoms with van der Waals surface area (Å²) in [5.41, 5.74) is 7.93. The summed E-state index contributed by atoms with van der Waals surface area (Å²) in [5, 5.41) is 2.82. The molecule has 0 spiro atoms. The second kappa shape index (κ2) is 8.03. The van der Waals surface area contributed by atoms with Crippen LogP contribution >= 0.6 is 0 Å². The van der Waals surface area contributed by atoms with Gasteiger partial charge >= 0.3 is 0 Å². The van der Waals surface area contributed by atoms with E-state index in [1.54, 1.807) is 7.11 Å². The van der Waals surface area contributed by atoms with Crippen LogP contribution in [0.2, 0.25) is 0 Å². The minimum Gasteiger partial charge on any atom is -0.481 e. The molecule has 0 bridgehead atoms. The Kier molecular flexibility index (Phi) is 5.76. The summed E-state index contributed by atoms with van der Waals surface area (Å²) >= 11 is 0. The molecule has 7 heteroatoms. The molecule has 26 heavy (non-hydrogen) atoms. The van der Waals surface area contributed by atoms with E-state index >= 15 is 0 Å². The van der Waals surface area contributed by atoms with Gasteiger partial charge in [-0.15, -0.1) is 0 Å². The highest BCUT2D eigenvalue weighted by Gasteiger charge is 2.35. The van der Waals surface area contributed by atoms with Crippen molar-refractivity contribution >= 4 is 11.8 Å². The first-order valence-electron chi connectivity index (χ1n) is 9.46. The number of hydrogen-bond donors (Lipinski definition) is 2. The van der Waals surface area contributed by atoms with Crippen molar-refractivity contribution in [1.29, 1.82) is 0 Å². The van der Waals surface area contributed by atoms with Gasteiger partial charge in [-0.25, -0.2) is 4.98 Å². The first kappa shape index (κ1) is 18.6. The average Bonchev–Trinajstić information content (AvgIpc) is 3.27. The standard InChI is InChI=1S/C19H28N4O3/c1-3-6-15(20)17(24)21-10-12-9-14-16(22-18(12)26-2)11-23(19(14)25)13-7-4-5-8-13/h9,13,15H,3-8,10-11,20H2,1-2H3,(H,21,24)/t15-/m0/s1. The molecule has 3 N–H and O–H groups in total. The molecular formula is C19H28N4O3. The number of methoxy groups -OCH3 is 1. The summed E-state index contributed by atoms with van der Waals surface area (Å²) in [5.74, 6) is 0.291. The second-order valence-electron chi connectivity index (χ2n) is 7.14. The number of fused-ring (bicyclic) bond motifs is 1. The van der Waals surface area contributed by atoms with Crippen LogP contribution in [0.5, 0.6) is 5.88 Å². The largest absolute Gasteiger partial charge is 0.481 e. The van der Waals surface area contributed by atoms with Crippen LogP contribution in [0.25, 0.3) is 0 Å². The number of carbonyl (C=O) groups excluding carboxylic acids is 2. The molecule has 142 valence electrons. The molecule has 1 aliphatic heterocycles. The van der Waals surface area contributed by atoms with Gasteiger partial charge in [-0.05, 0) is 25.3 Å². The quantitative estimate of drug-likeness (QED) is 0.772. The van der Waals surface area contributed by atoms with Crippen molar-refractivity contribution in [2.24, 2.45) is 5.73 Å². The molecule has 1 aliphatic carbocycles. The number of carbonyl (C=O) groups is 2. The third-order valence-corrected chi connectivity index (χ3v) is 5.30. The van der Waals surface area contributed by atoms with E-state index in [1.807, 2.05) is 17.9 Å². The van der Waals surface area contributed by atoms with E-state index < -0.39 is 6.04 Å². The number of pyridine rings is 1. The van der Waals surface area contributed by atoms with E-state index in [0.29, 0.717) is 36.0 Å². The van der Waals surface area contributed by atoms with Gasteiger partial charge in [0.25, 0.3) is 5.91 Å². The van der Waals surface area contributed by atoms with E-state index in [9.17, 15) is 9.59 Å². The number of nitrogens with zero attached hydrogens (tertiary/aromatic N) is 2. The molecule has 3 rings (SSSR count). The van der Waals surface area contributed by atoms with E-state index in [4.69, 9.17) is 10.5 Å². The lowest BCUT2D eigenvalue weighted by atomic mass is 10.1. The Morgan fingerprint density at radius 2 is 2.19 bits per heavy atom. The van der Waals surface area contributed by atoms with Gasteiger partial charge in [0.15, 0.2) is 0 Å². The molecule has 0 aromatic carbocycles. The van der Waals surface area contributed by atoms with Crippen molar-refractivity contribution in [2.45, 2.75) is 70.6 Å². The molecule has 0 radical (unpaired) electrons. The van der Waals surface area contributed by atoms with Crippen LogP contribution in [-0.2, 0) is 17.9 Å². The average molecular weight is 360 g/mol. The van der Waals surface area contributed by atoms with E-state index in [0.717, 1.165) is 25.0 Å². The Morgan fingerprint density at radius 1 is 1.46 bits per heavy atom. The fourth-order valence-electron chi connectivity index (χ4n) is 3.84. The van der Waals surface area contributed by atoms with Crippen LogP contribution in [0.1, 0.15) is 67.1 Å². The van der Waals surface area contributed by atoms with Crippen molar-refractivity contribution < 1.29 is 14.3 Å². The van der Waals surface area contributed by atoms with Gasteiger partial charge in [-0.1, -0.05) is 26.2 Å². The zero-order valence-electron chi connectivity index (χ0n) is 15.6. The topological polar surface area (TPSA) is 97.6 Å². The van der Waals surface area contributed by atoms with Gasteiger partial charge < -0.3 is 20.7 Å². The molecular weight excluding hydrogens is 332 g/mol. The Balaban J connectivity index is 1.75. The molecule has 0 saturated heterocycles. The van der Waals surface area contributed by atoms with Crippen LogP contribution < -0.4 is 15.8 Å². The number of nitrogens with one attached hydrogen (secondary N) is 1. The minimum absolute atomic E-state index is 0.0392. The number of ether oxygens (including phenoxy) is 1. The predicted octanol–water partition coefficient (Wildman–Crippen LogP) is 1.73. The third kappa shape index (κ3) is 3.67. The maximum Gasteiger partial charge on any atom is 0.256 e. The van der Waals surface area contributed by atoms with Crippen molar-refractivity contribution in [3.63, 3.8) is 0 Å². The number of aromatic nitrogens is 1. The van der Waals surface area contributed by atoms with Crippen molar-refractivity contribution in [3.8, 4) is 5.88 Å². The molecule has 2 amide bonds. The van der Waals surface area contributed by atoms with Gasteiger partial charge in [-0.3, -0.25) is 9.59 Å². The summed E-state index contributed by atoms with van der Waals surface area (Å²) in [6.07, 6.45) is 5.97. The number of rotatable bonds is 7. The molecule has 2 heterocycles. The normalized spacial score (nSPS) is 18.1. The maximum atomic E-state index is 12.8. The Morgan fingerprint density at radius 3 is 2.85 bits per heavy atom. The summed E-state index contributed by atoms with van der Waals surface area (Å²) < 4.78 is 5.38. The molecule has 1 saturated carbocycles. The van der Waals surface area contributed by atoms with Crippen LogP contribution in [0.4, 0.5) is 0 Å². The number of nitrogens with two attached hydrogens (primary N) is 1. The van der Waals surface area contributed by atoms with Gasteiger partial charge in [0.2, 0.25) is 11.8 Å². The second-order valence-corrected chi connectivity index (χ2v) is 7.14. The fourth-order valence-corrected chi connectivity index (χ4v) is 3.84. The lowest BCUT2D eigenvalue weighted by Gasteiger charge is -2.22.